The van der Waals surface area contributed by atoms with Crippen LogP contribution in [0.15, 0.2) is 0 Å². The number of nitrogens with one attached hydrogen (secondary N) is 1. The average Bonchev–Trinajstić information content (AvgIpc) is 2.36. The Morgan fingerprint density at radius 3 is 2.33 bits per heavy atom. The summed E-state index contributed by atoms with van der Waals surface area (Å²) >= 11 is 0. The standard InChI is InChI=1S/C9H15NO.ClH/c11-8-4-7-10-9(8)5-2-1-3-6-9;/h10H,1-7H2;1H. The summed E-state index contributed by atoms with van der Waals surface area (Å²) in [5, 5.41) is 3.37. The van der Waals surface area contributed by atoms with E-state index < -0.39 is 0 Å². The molecule has 70 valence electrons. The maximum absolute atomic E-state index is 11.5. The van der Waals surface area contributed by atoms with Crippen molar-refractivity contribution in [3.8, 4) is 0 Å². The highest BCUT2D eigenvalue weighted by atomic mass is 35.5. The predicted octanol–water partition coefficient (Wildman–Crippen LogP) is 1.67. The molecule has 0 radical (unpaired) electrons. The Morgan fingerprint density at radius 2 is 1.83 bits per heavy atom. The number of ketones is 1. The summed E-state index contributed by atoms with van der Waals surface area (Å²) in [7, 11) is 0. The van der Waals surface area contributed by atoms with E-state index in [-0.39, 0.29) is 17.9 Å². The van der Waals surface area contributed by atoms with Crippen LogP contribution in [0.2, 0.25) is 0 Å². The van der Waals surface area contributed by atoms with Crippen molar-refractivity contribution in [3.63, 3.8) is 0 Å². The molecule has 0 aromatic rings. The molecule has 3 heteroatoms. The zero-order valence-electron chi connectivity index (χ0n) is 7.27. The van der Waals surface area contributed by atoms with Gasteiger partial charge in [0.05, 0.1) is 5.54 Å². The Balaban J connectivity index is 0.000000720. The quantitative estimate of drug-likeness (QED) is 0.628. The average molecular weight is 190 g/mol. The fraction of sp³-hybridized carbons (Fsp3) is 0.889. The van der Waals surface area contributed by atoms with Crippen molar-refractivity contribution in [1.29, 1.82) is 0 Å². The van der Waals surface area contributed by atoms with Gasteiger partial charge in [-0.2, -0.15) is 0 Å². The molecule has 2 rings (SSSR count). The highest BCUT2D eigenvalue weighted by Crippen LogP contribution is 2.32. The smallest absolute Gasteiger partial charge is 0.154 e. The van der Waals surface area contributed by atoms with Gasteiger partial charge in [0.2, 0.25) is 0 Å². The lowest BCUT2D eigenvalue weighted by atomic mass is 9.80. The van der Waals surface area contributed by atoms with E-state index in [0.29, 0.717) is 5.78 Å². The lowest BCUT2D eigenvalue weighted by Crippen LogP contribution is -2.46. The molecular formula is C9H16ClNO. The zero-order valence-corrected chi connectivity index (χ0v) is 8.08. The lowest BCUT2D eigenvalue weighted by Gasteiger charge is -2.31. The summed E-state index contributed by atoms with van der Waals surface area (Å²) < 4.78 is 0. The monoisotopic (exact) mass is 189 g/mol. The first kappa shape index (κ1) is 10.0. The summed E-state index contributed by atoms with van der Waals surface area (Å²) in [5.41, 5.74) is -0.0573. The molecule has 2 fully saturated rings. The van der Waals surface area contributed by atoms with Gasteiger partial charge < -0.3 is 5.32 Å². The molecule has 2 aliphatic rings. The van der Waals surface area contributed by atoms with E-state index in [2.05, 4.69) is 5.32 Å². The lowest BCUT2D eigenvalue weighted by molar-refractivity contribution is -0.123. The Hall–Kier alpha value is -0.0800. The topological polar surface area (TPSA) is 29.1 Å². The van der Waals surface area contributed by atoms with Gasteiger partial charge in [0.1, 0.15) is 0 Å². The molecule has 1 spiro atoms. The van der Waals surface area contributed by atoms with Crippen LogP contribution in [0.25, 0.3) is 0 Å². The fourth-order valence-electron chi connectivity index (χ4n) is 2.36. The van der Waals surface area contributed by atoms with E-state index >= 15 is 0 Å². The van der Waals surface area contributed by atoms with Crippen molar-refractivity contribution in [3.05, 3.63) is 0 Å². The first-order chi connectivity index (χ1) is 5.33. The second-order valence-corrected chi connectivity index (χ2v) is 3.74. The highest BCUT2D eigenvalue weighted by molar-refractivity contribution is 5.90. The third-order valence-corrected chi connectivity index (χ3v) is 3.06. The van der Waals surface area contributed by atoms with Gasteiger partial charge >= 0.3 is 0 Å². The van der Waals surface area contributed by atoms with Gasteiger partial charge in [0.25, 0.3) is 0 Å². The molecule has 0 amide bonds. The van der Waals surface area contributed by atoms with E-state index in [9.17, 15) is 4.79 Å². The molecule has 12 heavy (non-hydrogen) atoms. The van der Waals surface area contributed by atoms with Crippen LogP contribution in [0.4, 0.5) is 0 Å². The van der Waals surface area contributed by atoms with Crippen molar-refractivity contribution in [1.82, 2.24) is 5.32 Å². The number of Topliss-reactive ketones (excluding diaryl/α,β-unsaturated/α-hetero) is 1. The number of hydrogen-bond donors (Lipinski definition) is 1. The maximum Gasteiger partial charge on any atom is 0.154 e. The van der Waals surface area contributed by atoms with Crippen LogP contribution >= 0.6 is 12.4 Å². The first-order valence-electron chi connectivity index (χ1n) is 4.62. The van der Waals surface area contributed by atoms with Crippen LogP contribution < -0.4 is 5.32 Å². The molecule has 0 aromatic carbocycles. The summed E-state index contributed by atoms with van der Waals surface area (Å²) in [6.45, 7) is 0.916. The third kappa shape index (κ3) is 1.50. The largest absolute Gasteiger partial charge is 0.304 e. The predicted molar refractivity (Wildman–Crippen MR) is 50.7 cm³/mol. The van der Waals surface area contributed by atoms with Crippen molar-refractivity contribution >= 4 is 18.2 Å². The summed E-state index contributed by atoms with van der Waals surface area (Å²) in [4.78, 5) is 11.5. The molecule has 1 saturated heterocycles. The van der Waals surface area contributed by atoms with Crippen LogP contribution in [0.1, 0.15) is 38.5 Å². The van der Waals surface area contributed by atoms with E-state index in [4.69, 9.17) is 0 Å². The van der Waals surface area contributed by atoms with Gasteiger partial charge in [-0.3, -0.25) is 4.79 Å². The number of rotatable bonds is 0. The molecular weight excluding hydrogens is 174 g/mol. The molecule has 1 saturated carbocycles. The Bertz CT molecular complexity index is 175. The van der Waals surface area contributed by atoms with E-state index in [1.807, 2.05) is 0 Å². The summed E-state index contributed by atoms with van der Waals surface area (Å²) in [5.74, 6) is 0.470. The number of halogens is 1. The minimum absolute atomic E-state index is 0. The van der Waals surface area contributed by atoms with Crippen LogP contribution in [-0.2, 0) is 4.79 Å². The van der Waals surface area contributed by atoms with Gasteiger partial charge in [0.15, 0.2) is 5.78 Å². The summed E-state index contributed by atoms with van der Waals surface area (Å²) in [6, 6.07) is 0. The van der Waals surface area contributed by atoms with Crippen molar-refractivity contribution in [2.24, 2.45) is 0 Å². The Morgan fingerprint density at radius 1 is 1.17 bits per heavy atom. The van der Waals surface area contributed by atoms with Crippen LogP contribution in [0.3, 0.4) is 0 Å². The first-order valence-corrected chi connectivity index (χ1v) is 4.62. The number of hydrogen-bond acceptors (Lipinski definition) is 2. The molecule has 1 aliphatic carbocycles. The normalized spacial score (nSPS) is 27.2. The molecule has 1 heterocycles. The molecule has 0 aromatic heterocycles. The molecule has 1 aliphatic heterocycles. The van der Waals surface area contributed by atoms with Crippen LogP contribution in [0, 0.1) is 0 Å². The van der Waals surface area contributed by atoms with E-state index in [1.54, 1.807) is 0 Å². The SMILES string of the molecule is Cl.O=C1CCNC12CCCCC2. The zero-order chi connectivity index (χ0) is 7.73. The van der Waals surface area contributed by atoms with Crippen molar-refractivity contribution in [2.75, 3.05) is 6.54 Å². The third-order valence-electron chi connectivity index (χ3n) is 3.06. The Labute approximate surface area is 79.5 Å². The highest BCUT2D eigenvalue weighted by Gasteiger charge is 2.41. The van der Waals surface area contributed by atoms with Crippen LogP contribution in [-0.4, -0.2) is 17.9 Å². The molecule has 0 bridgehead atoms. The van der Waals surface area contributed by atoms with E-state index in [1.165, 1.54) is 19.3 Å². The number of carbonyl (C=O) groups is 1. The van der Waals surface area contributed by atoms with Gasteiger partial charge in [-0.1, -0.05) is 19.3 Å². The maximum atomic E-state index is 11.5. The molecule has 0 unspecified atom stereocenters. The minimum Gasteiger partial charge on any atom is -0.304 e. The molecule has 2 nitrogen and oxygen atoms in total. The van der Waals surface area contributed by atoms with Gasteiger partial charge in [-0.15, -0.1) is 12.4 Å². The van der Waals surface area contributed by atoms with Gasteiger partial charge in [-0.25, -0.2) is 0 Å². The van der Waals surface area contributed by atoms with Gasteiger partial charge in [-0.05, 0) is 12.8 Å². The van der Waals surface area contributed by atoms with Crippen molar-refractivity contribution < 1.29 is 4.79 Å². The Kier molecular flexibility index (Phi) is 3.13. The molecule has 1 N–H and O–H groups in total. The summed E-state index contributed by atoms with van der Waals surface area (Å²) in [6.07, 6.45) is 6.73. The fourth-order valence-corrected chi connectivity index (χ4v) is 2.36. The minimum atomic E-state index is -0.0573. The second-order valence-electron chi connectivity index (χ2n) is 3.74. The second kappa shape index (κ2) is 3.75. The van der Waals surface area contributed by atoms with E-state index in [0.717, 1.165) is 25.8 Å². The number of carbonyl (C=O) groups excluding carboxylic acids is 1. The van der Waals surface area contributed by atoms with Crippen molar-refractivity contribution in [2.45, 2.75) is 44.1 Å². The van der Waals surface area contributed by atoms with Gasteiger partial charge in [0, 0.05) is 13.0 Å². The van der Waals surface area contributed by atoms with Crippen LogP contribution in [0.5, 0.6) is 0 Å². The molecule has 0 atom stereocenters.